The highest BCUT2D eigenvalue weighted by atomic mass is 33.1. The maximum absolute atomic E-state index is 11.3. The number of hydrogen-bond acceptors (Lipinski definition) is 6. The highest BCUT2D eigenvalue weighted by Crippen LogP contribution is 2.28. The average Bonchev–Trinajstić information content (AvgIpc) is 2.52. The van der Waals surface area contributed by atoms with Crippen molar-refractivity contribution in [2.75, 3.05) is 11.5 Å². The number of aliphatic hydroxyl groups excluding tert-OH is 1. The molecule has 1 aromatic rings. The molecule has 128 valence electrons. The number of aromatic nitrogens is 1. The molecule has 0 aliphatic carbocycles. The Kier molecular flexibility index (Phi) is 9.13. The molecule has 0 radical (unpaired) electrons. The Labute approximate surface area is 146 Å². The molecule has 0 fully saturated rings. The van der Waals surface area contributed by atoms with Gasteiger partial charge in [-0.15, -0.1) is 0 Å². The van der Waals surface area contributed by atoms with E-state index in [0.29, 0.717) is 18.8 Å². The molecule has 0 aliphatic heterocycles. The normalized spacial score (nSPS) is 13.0. The zero-order chi connectivity index (χ0) is 17.2. The quantitative estimate of drug-likeness (QED) is 0.290. The van der Waals surface area contributed by atoms with Gasteiger partial charge in [0.15, 0.2) is 0 Å². The Hall–Kier alpha value is -1.18. The topological polar surface area (TPSA) is 79.5 Å². The third-order valence-corrected chi connectivity index (χ3v) is 5.85. The third-order valence-electron chi connectivity index (χ3n) is 3.15. The second kappa shape index (κ2) is 10.6. The van der Waals surface area contributed by atoms with Crippen molar-refractivity contribution in [3.63, 3.8) is 0 Å². The number of anilines is 1. The highest BCUT2D eigenvalue weighted by Gasteiger charge is 2.10. The van der Waals surface area contributed by atoms with E-state index in [1.165, 1.54) is 10.8 Å². The van der Waals surface area contributed by atoms with Gasteiger partial charge >= 0.3 is 0 Å². The number of amides is 1. The van der Waals surface area contributed by atoms with Gasteiger partial charge in [0, 0.05) is 29.1 Å². The first-order valence-corrected chi connectivity index (χ1v) is 9.93. The van der Waals surface area contributed by atoms with E-state index in [1.54, 1.807) is 15.7 Å². The van der Waals surface area contributed by atoms with Gasteiger partial charge in [0.2, 0.25) is 6.41 Å². The second-order valence-corrected chi connectivity index (χ2v) is 7.85. The van der Waals surface area contributed by atoms with Gasteiger partial charge in [0.05, 0.1) is 6.54 Å². The summed E-state index contributed by atoms with van der Waals surface area (Å²) in [6.07, 6.45) is 4.23. The fourth-order valence-corrected chi connectivity index (χ4v) is 3.90. The summed E-state index contributed by atoms with van der Waals surface area (Å²) in [5, 5.41) is 9.90. The number of nitrogens with two attached hydrogens (primary N) is 1. The summed E-state index contributed by atoms with van der Waals surface area (Å²) in [5.74, 6) is 1.46. The zero-order valence-electron chi connectivity index (χ0n) is 13.9. The minimum atomic E-state index is -0.471. The number of carbonyl (C=O) groups excluding carboxylic acids is 1. The zero-order valence-corrected chi connectivity index (χ0v) is 15.5. The smallest absolute Gasteiger partial charge is 0.214 e. The Morgan fingerprint density at radius 2 is 2.26 bits per heavy atom. The SMILES string of the molecule is CCCSSC(O)CC=C(C)N(C=O)Cc1ccc(C)nc1N. The van der Waals surface area contributed by atoms with Gasteiger partial charge in [-0.1, -0.05) is 40.7 Å². The van der Waals surface area contributed by atoms with Crippen molar-refractivity contribution in [2.45, 2.75) is 45.6 Å². The number of nitrogen functional groups attached to an aromatic ring is 1. The molecule has 1 heterocycles. The molecule has 0 saturated carbocycles. The van der Waals surface area contributed by atoms with Crippen LogP contribution in [-0.4, -0.2) is 32.6 Å². The number of rotatable bonds is 10. The van der Waals surface area contributed by atoms with E-state index in [0.717, 1.165) is 35.5 Å². The van der Waals surface area contributed by atoms with Crippen molar-refractivity contribution in [3.05, 3.63) is 35.2 Å². The molecule has 23 heavy (non-hydrogen) atoms. The summed E-state index contributed by atoms with van der Waals surface area (Å²) < 4.78 is 0. The van der Waals surface area contributed by atoms with Crippen LogP contribution in [0, 0.1) is 6.92 Å². The van der Waals surface area contributed by atoms with Crippen LogP contribution in [0.2, 0.25) is 0 Å². The summed E-state index contributed by atoms with van der Waals surface area (Å²) in [6, 6.07) is 3.76. The van der Waals surface area contributed by atoms with Gasteiger partial charge in [0.1, 0.15) is 11.3 Å². The van der Waals surface area contributed by atoms with E-state index in [2.05, 4.69) is 11.9 Å². The van der Waals surface area contributed by atoms with Crippen LogP contribution in [0.15, 0.2) is 23.9 Å². The first-order chi connectivity index (χ1) is 11.0. The minimum Gasteiger partial charge on any atom is -0.383 e. The monoisotopic (exact) mass is 355 g/mol. The molecule has 1 atom stereocenters. The van der Waals surface area contributed by atoms with Crippen molar-refractivity contribution >= 4 is 33.8 Å². The van der Waals surface area contributed by atoms with Crippen LogP contribution in [0.25, 0.3) is 0 Å². The summed E-state index contributed by atoms with van der Waals surface area (Å²) in [6.45, 7) is 6.21. The van der Waals surface area contributed by atoms with E-state index < -0.39 is 5.44 Å². The second-order valence-electron chi connectivity index (χ2n) is 5.18. The van der Waals surface area contributed by atoms with Crippen LogP contribution in [0.3, 0.4) is 0 Å². The van der Waals surface area contributed by atoms with E-state index in [9.17, 15) is 9.90 Å². The molecule has 1 amide bonds. The molecule has 0 bridgehead atoms. The summed E-state index contributed by atoms with van der Waals surface area (Å²) in [4.78, 5) is 17.1. The Bertz CT molecular complexity index is 538. The Morgan fingerprint density at radius 3 is 2.87 bits per heavy atom. The summed E-state index contributed by atoms with van der Waals surface area (Å²) in [7, 11) is 3.12. The molecule has 1 aromatic heterocycles. The predicted octanol–water partition coefficient (Wildman–Crippen LogP) is 3.33. The van der Waals surface area contributed by atoms with E-state index in [1.807, 2.05) is 32.1 Å². The fraction of sp³-hybridized carbons (Fsp3) is 0.500. The lowest BCUT2D eigenvalue weighted by Gasteiger charge is -2.19. The molecular weight excluding hydrogens is 330 g/mol. The van der Waals surface area contributed by atoms with Gasteiger partial charge in [-0.05, 0) is 26.3 Å². The van der Waals surface area contributed by atoms with Gasteiger partial charge in [0.25, 0.3) is 0 Å². The Balaban J connectivity index is 2.61. The summed E-state index contributed by atoms with van der Waals surface area (Å²) in [5.41, 5.74) is 7.87. The van der Waals surface area contributed by atoms with Gasteiger partial charge in [-0.3, -0.25) is 4.79 Å². The van der Waals surface area contributed by atoms with Crippen LogP contribution in [-0.2, 0) is 11.3 Å². The molecule has 0 saturated heterocycles. The molecule has 0 aliphatic rings. The van der Waals surface area contributed by atoms with Crippen molar-refractivity contribution in [3.8, 4) is 0 Å². The van der Waals surface area contributed by atoms with Gasteiger partial charge in [-0.2, -0.15) is 0 Å². The molecule has 1 rings (SSSR count). The van der Waals surface area contributed by atoms with Gasteiger partial charge in [-0.25, -0.2) is 4.98 Å². The minimum absolute atomic E-state index is 0.374. The van der Waals surface area contributed by atoms with Crippen LogP contribution in [0.5, 0.6) is 0 Å². The number of aliphatic hydroxyl groups is 1. The molecule has 5 nitrogen and oxygen atoms in total. The fourth-order valence-electron chi connectivity index (χ4n) is 1.81. The highest BCUT2D eigenvalue weighted by molar-refractivity contribution is 8.76. The molecule has 3 N–H and O–H groups in total. The Morgan fingerprint density at radius 1 is 1.52 bits per heavy atom. The molecular formula is C16H25N3O2S2. The maximum Gasteiger partial charge on any atom is 0.214 e. The number of allylic oxidation sites excluding steroid dienone is 1. The van der Waals surface area contributed by atoms with Crippen molar-refractivity contribution in [1.29, 1.82) is 0 Å². The lowest BCUT2D eigenvalue weighted by molar-refractivity contribution is -0.116. The maximum atomic E-state index is 11.3. The lowest BCUT2D eigenvalue weighted by Crippen LogP contribution is -2.20. The van der Waals surface area contributed by atoms with Crippen LogP contribution < -0.4 is 5.73 Å². The van der Waals surface area contributed by atoms with Crippen LogP contribution >= 0.6 is 21.6 Å². The first-order valence-electron chi connectivity index (χ1n) is 7.55. The predicted molar refractivity (Wildman–Crippen MR) is 99.7 cm³/mol. The standard InChI is InChI=1S/C16H25N3O2S2/c1-4-9-22-23-15(21)8-6-13(3)19(11-20)10-14-7-5-12(2)18-16(14)17/h5-7,11,15,21H,4,8-10H2,1-3H3,(H2,17,18). The molecule has 0 spiro atoms. The average molecular weight is 356 g/mol. The van der Waals surface area contributed by atoms with E-state index in [-0.39, 0.29) is 0 Å². The van der Waals surface area contributed by atoms with Crippen molar-refractivity contribution in [2.24, 2.45) is 0 Å². The van der Waals surface area contributed by atoms with Crippen molar-refractivity contribution in [1.82, 2.24) is 9.88 Å². The van der Waals surface area contributed by atoms with Crippen LogP contribution in [0.1, 0.15) is 37.9 Å². The number of carbonyl (C=O) groups is 1. The molecule has 0 aromatic carbocycles. The number of hydrogen-bond donors (Lipinski definition) is 2. The van der Waals surface area contributed by atoms with E-state index in [4.69, 9.17) is 5.73 Å². The molecule has 1 unspecified atom stereocenters. The molecule has 7 heteroatoms. The first kappa shape index (κ1) is 19.9. The number of nitrogens with zero attached hydrogens (tertiary/aromatic N) is 2. The number of pyridine rings is 1. The largest absolute Gasteiger partial charge is 0.383 e. The van der Waals surface area contributed by atoms with Crippen LogP contribution in [0.4, 0.5) is 5.82 Å². The van der Waals surface area contributed by atoms with E-state index >= 15 is 0 Å². The summed E-state index contributed by atoms with van der Waals surface area (Å²) >= 11 is 0. The number of aryl methyl sites for hydroxylation is 1. The van der Waals surface area contributed by atoms with Crippen molar-refractivity contribution < 1.29 is 9.90 Å². The third kappa shape index (κ3) is 7.28. The lowest BCUT2D eigenvalue weighted by atomic mass is 10.2. The van der Waals surface area contributed by atoms with Gasteiger partial charge < -0.3 is 15.7 Å².